The van der Waals surface area contributed by atoms with Crippen molar-refractivity contribution in [1.82, 2.24) is 0 Å². The first-order valence-corrected chi connectivity index (χ1v) is 3.13. The van der Waals surface area contributed by atoms with Gasteiger partial charge >= 0.3 is 0 Å². The summed E-state index contributed by atoms with van der Waals surface area (Å²) >= 11 is 0. The van der Waals surface area contributed by atoms with E-state index in [1.165, 1.54) is 0 Å². The van der Waals surface area contributed by atoms with Crippen molar-refractivity contribution >= 4 is 0 Å². The molecule has 56 valence electrons. The van der Waals surface area contributed by atoms with Crippen molar-refractivity contribution in [2.24, 2.45) is 11.5 Å². The Labute approximate surface area is 56.0 Å². The van der Waals surface area contributed by atoms with E-state index in [1.807, 2.05) is 13.8 Å². The van der Waals surface area contributed by atoms with Crippen LogP contribution in [-0.4, -0.2) is 23.3 Å². The van der Waals surface area contributed by atoms with Crippen LogP contribution in [0.1, 0.15) is 20.3 Å². The summed E-state index contributed by atoms with van der Waals surface area (Å²) in [5, 5.41) is 8.99. The SMILES string of the molecule is CC(C)(N)CC(O)CN. The lowest BCUT2D eigenvalue weighted by atomic mass is 9.98. The molecular weight excluding hydrogens is 116 g/mol. The second-order valence-electron chi connectivity index (χ2n) is 3.08. The van der Waals surface area contributed by atoms with Gasteiger partial charge in [-0.1, -0.05) is 0 Å². The number of aliphatic hydroxyl groups is 1. The molecule has 3 heteroatoms. The first-order valence-electron chi connectivity index (χ1n) is 3.13. The minimum atomic E-state index is -0.454. The molecule has 0 saturated heterocycles. The molecule has 0 saturated carbocycles. The minimum absolute atomic E-state index is 0.292. The Morgan fingerprint density at radius 1 is 1.56 bits per heavy atom. The lowest BCUT2D eigenvalue weighted by molar-refractivity contribution is 0.148. The van der Waals surface area contributed by atoms with Crippen LogP contribution in [-0.2, 0) is 0 Å². The smallest absolute Gasteiger partial charge is 0.0679 e. The van der Waals surface area contributed by atoms with Crippen LogP contribution in [0.4, 0.5) is 0 Å². The predicted octanol–water partition coefficient (Wildman–Crippen LogP) is -0.567. The summed E-state index contributed by atoms with van der Waals surface area (Å²) in [6, 6.07) is 0. The van der Waals surface area contributed by atoms with Crippen molar-refractivity contribution in [3.8, 4) is 0 Å². The van der Waals surface area contributed by atoms with Crippen molar-refractivity contribution in [1.29, 1.82) is 0 Å². The van der Waals surface area contributed by atoms with Crippen LogP contribution in [0, 0.1) is 0 Å². The van der Waals surface area contributed by atoms with Crippen LogP contribution in [0.2, 0.25) is 0 Å². The standard InChI is InChI=1S/C6H16N2O/c1-6(2,8)3-5(9)4-7/h5,9H,3-4,7-8H2,1-2H3. The van der Waals surface area contributed by atoms with Crippen LogP contribution in [0.25, 0.3) is 0 Å². The fourth-order valence-electron chi connectivity index (χ4n) is 0.691. The van der Waals surface area contributed by atoms with Gasteiger partial charge in [0.1, 0.15) is 0 Å². The van der Waals surface area contributed by atoms with Crippen LogP contribution < -0.4 is 11.5 Å². The summed E-state index contributed by atoms with van der Waals surface area (Å²) in [7, 11) is 0. The van der Waals surface area contributed by atoms with Gasteiger partial charge in [0.2, 0.25) is 0 Å². The van der Waals surface area contributed by atoms with Crippen molar-refractivity contribution in [2.45, 2.75) is 31.9 Å². The summed E-state index contributed by atoms with van der Waals surface area (Å²) in [5.41, 5.74) is 10.5. The van der Waals surface area contributed by atoms with Gasteiger partial charge in [-0.15, -0.1) is 0 Å². The summed E-state index contributed by atoms with van der Waals surface area (Å²) in [6.45, 7) is 4.03. The Kier molecular flexibility index (Phi) is 3.11. The number of hydrogen-bond acceptors (Lipinski definition) is 3. The topological polar surface area (TPSA) is 72.3 Å². The lowest BCUT2D eigenvalue weighted by Gasteiger charge is -2.20. The molecular formula is C6H16N2O. The fraction of sp³-hybridized carbons (Fsp3) is 1.00. The Balaban J connectivity index is 3.47. The maximum atomic E-state index is 8.99. The molecule has 0 heterocycles. The van der Waals surface area contributed by atoms with E-state index in [2.05, 4.69) is 0 Å². The summed E-state index contributed by atoms with van der Waals surface area (Å²) in [4.78, 5) is 0. The zero-order valence-corrected chi connectivity index (χ0v) is 6.09. The van der Waals surface area contributed by atoms with Crippen LogP contribution in [0.3, 0.4) is 0 Å². The second-order valence-corrected chi connectivity index (χ2v) is 3.08. The van der Waals surface area contributed by atoms with Crippen molar-refractivity contribution in [2.75, 3.05) is 6.54 Å². The van der Waals surface area contributed by atoms with Gasteiger partial charge in [-0.25, -0.2) is 0 Å². The maximum absolute atomic E-state index is 8.99. The van der Waals surface area contributed by atoms with E-state index in [-0.39, 0.29) is 5.54 Å². The lowest BCUT2D eigenvalue weighted by Crippen LogP contribution is -2.38. The molecule has 0 aliphatic heterocycles. The number of hydrogen-bond donors (Lipinski definition) is 3. The molecule has 0 radical (unpaired) electrons. The van der Waals surface area contributed by atoms with E-state index < -0.39 is 6.10 Å². The van der Waals surface area contributed by atoms with Gasteiger partial charge in [0.05, 0.1) is 6.10 Å². The molecule has 0 amide bonds. The van der Waals surface area contributed by atoms with Crippen molar-refractivity contribution in [3.63, 3.8) is 0 Å². The average Bonchev–Trinajstić information content (AvgIpc) is 1.62. The van der Waals surface area contributed by atoms with Gasteiger partial charge < -0.3 is 16.6 Å². The number of nitrogens with two attached hydrogens (primary N) is 2. The third-order valence-corrected chi connectivity index (χ3v) is 1.03. The Hall–Kier alpha value is -0.120. The normalized spacial score (nSPS) is 15.7. The molecule has 0 aromatic rings. The molecule has 0 bridgehead atoms. The second kappa shape index (κ2) is 3.15. The molecule has 0 aromatic carbocycles. The zero-order chi connectivity index (χ0) is 7.49. The highest BCUT2D eigenvalue weighted by atomic mass is 16.3. The van der Waals surface area contributed by atoms with Gasteiger partial charge in [0.15, 0.2) is 0 Å². The molecule has 0 aromatic heterocycles. The monoisotopic (exact) mass is 132 g/mol. The molecule has 0 rings (SSSR count). The zero-order valence-electron chi connectivity index (χ0n) is 6.09. The van der Waals surface area contributed by atoms with Gasteiger partial charge in [-0.05, 0) is 20.3 Å². The highest BCUT2D eigenvalue weighted by Crippen LogP contribution is 2.05. The van der Waals surface area contributed by atoms with E-state index in [1.54, 1.807) is 0 Å². The van der Waals surface area contributed by atoms with E-state index in [9.17, 15) is 0 Å². The van der Waals surface area contributed by atoms with Crippen LogP contribution in [0.5, 0.6) is 0 Å². The molecule has 0 spiro atoms. The summed E-state index contributed by atoms with van der Waals surface area (Å²) < 4.78 is 0. The Morgan fingerprint density at radius 2 is 2.00 bits per heavy atom. The highest BCUT2D eigenvalue weighted by molar-refractivity contribution is 4.76. The van der Waals surface area contributed by atoms with Crippen LogP contribution >= 0.6 is 0 Å². The van der Waals surface area contributed by atoms with Gasteiger partial charge in [0.25, 0.3) is 0 Å². The molecule has 3 nitrogen and oxygen atoms in total. The average molecular weight is 132 g/mol. The summed E-state index contributed by atoms with van der Waals surface area (Å²) in [5.74, 6) is 0. The molecule has 0 fully saturated rings. The first kappa shape index (κ1) is 8.88. The van der Waals surface area contributed by atoms with Gasteiger partial charge in [-0.3, -0.25) is 0 Å². The van der Waals surface area contributed by atoms with Gasteiger partial charge in [0, 0.05) is 12.1 Å². The quantitative estimate of drug-likeness (QED) is 0.481. The number of aliphatic hydroxyl groups excluding tert-OH is 1. The summed E-state index contributed by atoms with van der Waals surface area (Å²) in [6.07, 6.45) is 0.105. The first-order chi connectivity index (χ1) is 3.95. The van der Waals surface area contributed by atoms with E-state index in [0.717, 1.165) is 0 Å². The Bertz CT molecular complexity index is 77.6. The minimum Gasteiger partial charge on any atom is -0.392 e. The molecule has 1 unspecified atom stereocenters. The van der Waals surface area contributed by atoms with Gasteiger partial charge in [-0.2, -0.15) is 0 Å². The van der Waals surface area contributed by atoms with E-state index in [4.69, 9.17) is 16.6 Å². The highest BCUT2D eigenvalue weighted by Gasteiger charge is 2.14. The molecule has 1 atom stereocenters. The van der Waals surface area contributed by atoms with Crippen molar-refractivity contribution in [3.05, 3.63) is 0 Å². The number of rotatable bonds is 3. The molecule has 0 aliphatic carbocycles. The molecule has 5 N–H and O–H groups in total. The van der Waals surface area contributed by atoms with Crippen molar-refractivity contribution < 1.29 is 5.11 Å². The fourth-order valence-corrected chi connectivity index (χ4v) is 0.691. The molecule has 9 heavy (non-hydrogen) atoms. The Morgan fingerprint density at radius 3 is 2.11 bits per heavy atom. The van der Waals surface area contributed by atoms with E-state index in [0.29, 0.717) is 13.0 Å². The third-order valence-electron chi connectivity index (χ3n) is 1.03. The predicted molar refractivity (Wildman–Crippen MR) is 37.9 cm³/mol. The largest absolute Gasteiger partial charge is 0.392 e. The van der Waals surface area contributed by atoms with E-state index >= 15 is 0 Å². The third kappa shape index (κ3) is 5.76. The maximum Gasteiger partial charge on any atom is 0.0679 e. The van der Waals surface area contributed by atoms with Crippen LogP contribution in [0.15, 0.2) is 0 Å². The molecule has 0 aliphatic rings.